The molecule has 0 aliphatic rings. The number of nitrogens with two attached hydrogens (primary N) is 1. The van der Waals surface area contributed by atoms with Gasteiger partial charge in [0.25, 0.3) is 5.91 Å². The number of nitrogens with one attached hydrogen (secondary N) is 1. The van der Waals surface area contributed by atoms with E-state index >= 15 is 0 Å². The van der Waals surface area contributed by atoms with Crippen molar-refractivity contribution in [1.29, 1.82) is 0 Å². The third-order valence-corrected chi connectivity index (χ3v) is 5.31. The fourth-order valence-corrected chi connectivity index (χ4v) is 3.65. The molecular weight excluding hydrogens is 402 g/mol. The van der Waals surface area contributed by atoms with E-state index in [1.54, 1.807) is 6.92 Å². The third-order valence-electron chi connectivity index (χ3n) is 4.09. The number of nitro groups is 1. The number of carbonyl (C=O) groups is 3. The summed E-state index contributed by atoms with van der Waals surface area (Å²) in [5.41, 5.74) is 5.98. The van der Waals surface area contributed by atoms with Crippen LogP contribution in [0, 0.1) is 24.0 Å². The topological polar surface area (TPSA) is 159 Å². The summed E-state index contributed by atoms with van der Waals surface area (Å²) in [5.74, 6) is -1.82. The Kier molecular flexibility index (Phi) is 7.04. The molecule has 0 aliphatic heterocycles. The number of ether oxygens (including phenoxy) is 1. The molecule has 2 amide bonds. The summed E-state index contributed by atoms with van der Waals surface area (Å²) in [6.07, 6.45) is 1.69. The Morgan fingerprint density at radius 1 is 1.38 bits per heavy atom. The highest BCUT2D eigenvalue weighted by Gasteiger charge is 2.26. The Bertz CT molecular complexity index is 964. The molecule has 0 saturated carbocycles. The van der Waals surface area contributed by atoms with Gasteiger partial charge in [-0.15, -0.1) is 11.3 Å². The molecule has 2 rings (SSSR count). The van der Waals surface area contributed by atoms with Crippen LogP contribution in [-0.2, 0) is 16.1 Å². The number of hydrogen-bond donors (Lipinski definition) is 2. The summed E-state index contributed by atoms with van der Waals surface area (Å²) in [6, 6.07) is 0. The van der Waals surface area contributed by atoms with Crippen molar-refractivity contribution >= 4 is 39.8 Å². The Labute approximate surface area is 170 Å². The Balaban J connectivity index is 2.16. The second-order valence-electron chi connectivity index (χ2n) is 6.15. The van der Waals surface area contributed by atoms with Crippen molar-refractivity contribution in [3.05, 3.63) is 38.0 Å². The molecule has 0 bridgehead atoms. The minimum absolute atomic E-state index is 0.0496. The summed E-state index contributed by atoms with van der Waals surface area (Å²) in [5, 5.41) is 17.5. The lowest BCUT2D eigenvalue weighted by atomic mass is 10.1. The van der Waals surface area contributed by atoms with Crippen LogP contribution in [-0.4, -0.2) is 39.1 Å². The first kappa shape index (κ1) is 22.0. The highest BCUT2D eigenvalue weighted by Crippen LogP contribution is 2.33. The van der Waals surface area contributed by atoms with Gasteiger partial charge in [-0.25, -0.2) is 4.79 Å². The molecule has 0 fully saturated rings. The zero-order valence-electron chi connectivity index (χ0n) is 16.2. The fraction of sp³-hybridized carbons (Fsp3) is 0.412. The van der Waals surface area contributed by atoms with Crippen LogP contribution in [0.5, 0.6) is 0 Å². The Morgan fingerprint density at radius 2 is 2.07 bits per heavy atom. The van der Waals surface area contributed by atoms with Gasteiger partial charge in [-0.3, -0.25) is 24.4 Å². The minimum Gasteiger partial charge on any atom is -0.462 e. The van der Waals surface area contributed by atoms with Gasteiger partial charge in [0.2, 0.25) is 5.91 Å². The van der Waals surface area contributed by atoms with Gasteiger partial charge in [0, 0.05) is 6.42 Å². The molecular formula is C17H21N5O6S. The van der Waals surface area contributed by atoms with Gasteiger partial charge < -0.3 is 15.8 Å². The number of amides is 2. The largest absolute Gasteiger partial charge is 0.462 e. The average molecular weight is 423 g/mol. The Morgan fingerprint density at radius 3 is 2.62 bits per heavy atom. The molecule has 0 saturated heterocycles. The fourth-order valence-electron chi connectivity index (χ4n) is 2.59. The number of rotatable bonds is 9. The van der Waals surface area contributed by atoms with Gasteiger partial charge in [0.15, 0.2) is 0 Å². The number of nitrogens with zero attached hydrogens (tertiary/aromatic N) is 3. The van der Waals surface area contributed by atoms with Gasteiger partial charge in [-0.05, 0) is 25.8 Å². The van der Waals surface area contributed by atoms with Crippen LogP contribution in [0.4, 0.5) is 10.7 Å². The lowest BCUT2D eigenvalue weighted by Gasteiger charge is -2.08. The van der Waals surface area contributed by atoms with Crippen molar-refractivity contribution in [1.82, 2.24) is 9.78 Å². The average Bonchev–Trinajstić information content (AvgIpc) is 3.18. The molecule has 2 aromatic rings. The number of aryl methyl sites for hydroxylation is 1. The highest BCUT2D eigenvalue weighted by atomic mass is 32.1. The summed E-state index contributed by atoms with van der Waals surface area (Å²) in [7, 11) is 0. The summed E-state index contributed by atoms with van der Waals surface area (Å²) < 4.78 is 6.48. The van der Waals surface area contributed by atoms with E-state index in [9.17, 15) is 24.5 Å². The standard InChI is InChI=1S/C17H21N5O6S/c1-4-7-28-17(25)13-9(2)14(15(18)24)29-16(13)20-12(23)5-6-21-10(3)11(8-19-21)22(26)27/h8H,4-7H2,1-3H3,(H2,18,24)(H,20,23). The van der Waals surface area contributed by atoms with E-state index in [0.29, 0.717) is 17.7 Å². The summed E-state index contributed by atoms with van der Waals surface area (Å²) in [6.45, 7) is 5.24. The van der Waals surface area contributed by atoms with E-state index in [1.807, 2.05) is 6.92 Å². The van der Waals surface area contributed by atoms with Crippen LogP contribution in [0.3, 0.4) is 0 Å². The predicted octanol–water partition coefficient (Wildman–Crippen LogP) is 2.16. The highest BCUT2D eigenvalue weighted by molar-refractivity contribution is 7.18. The zero-order chi connectivity index (χ0) is 21.7. The van der Waals surface area contributed by atoms with Gasteiger partial charge in [0.05, 0.1) is 28.5 Å². The van der Waals surface area contributed by atoms with Crippen molar-refractivity contribution in [2.75, 3.05) is 11.9 Å². The predicted molar refractivity (Wildman–Crippen MR) is 105 cm³/mol. The van der Waals surface area contributed by atoms with Gasteiger partial charge in [-0.1, -0.05) is 6.92 Å². The zero-order valence-corrected chi connectivity index (χ0v) is 17.0. The van der Waals surface area contributed by atoms with Crippen molar-refractivity contribution in [2.45, 2.75) is 40.2 Å². The third kappa shape index (κ3) is 4.96. The first-order chi connectivity index (χ1) is 13.7. The molecule has 11 nitrogen and oxygen atoms in total. The number of hydrogen-bond acceptors (Lipinski definition) is 8. The normalized spacial score (nSPS) is 10.6. The van der Waals surface area contributed by atoms with Crippen molar-refractivity contribution in [2.24, 2.45) is 5.73 Å². The second kappa shape index (κ2) is 9.28. The first-order valence-corrected chi connectivity index (χ1v) is 9.55. The van der Waals surface area contributed by atoms with E-state index in [1.165, 1.54) is 11.6 Å². The first-order valence-electron chi connectivity index (χ1n) is 8.74. The van der Waals surface area contributed by atoms with Crippen LogP contribution in [0.15, 0.2) is 6.20 Å². The van der Waals surface area contributed by atoms with Gasteiger partial charge in [0.1, 0.15) is 16.9 Å². The van der Waals surface area contributed by atoms with Crippen LogP contribution in [0.1, 0.15) is 51.1 Å². The molecule has 2 heterocycles. The smallest absolute Gasteiger partial charge is 0.341 e. The number of thiophene rings is 1. The number of aromatic nitrogens is 2. The van der Waals surface area contributed by atoms with E-state index in [2.05, 4.69) is 10.4 Å². The van der Waals surface area contributed by atoms with Gasteiger partial charge >= 0.3 is 11.7 Å². The molecule has 0 unspecified atom stereocenters. The molecule has 2 aromatic heterocycles. The minimum atomic E-state index is -0.711. The van der Waals surface area contributed by atoms with Crippen LogP contribution in [0.25, 0.3) is 0 Å². The second-order valence-corrected chi connectivity index (χ2v) is 7.17. The number of carbonyl (C=O) groups excluding carboxylic acids is 3. The maximum Gasteiger partial charge on any atom is 0.341 e. The van der Waals surface area contributed by atoms with E-state index in [4.69, 9.17) is 10.5 Å². The van der Waals surface area contributed by atoms with E-state index in [0.717, 1.165) is 17.5 Å². The molecule has 29 heavy (non-hydrogen) atoms. The molecule has 0 radical (unpaired) electrons. The number of esters is 1. The molecule has 12 heteroatoms. The Hall–Kier alpha value is -3.28. The molecule has 0 spiro atoms. The summed E-state index contributed by atoms with van der Waals surface area (Å²) >= 11 is 0.898. The van der Waals surface area contributed by atoms with E-state index in [-0.39, 0.29) is 40.7 Å². The maximum absolute atomic E-state index is 12.4. The molecule has 0 aromatic carbocycles. The molecule has 0 atom stereocenters. The molecule has 3 N–H and O–H groups in total. The van der Waals surface area contributed by atoms with Crippen LogP contribution >= 0.6 is 11.3 Å². The SMILES string of the molecule is CCCOC(=O)c1c(NC(=O)CCn2ncc([N+](=O)[O-])c2C)sc(C(N)=O)c1C. The lowest BCUT2D eigenvalue weighted by molar-refractivity contribution is -0.385. The lowest BCUT2D eigenvalue weighted by Crippen LogP contribution is -2.17. The monoisotopic (exact) mass is 423 g/mol. The van der Waals surface area contributed by atoms with Crippen molar-refractivity contribution < 1.29 is 24.0 Å². The van der Waals surface area contributed by atoms with Crippen molar-refractivity contribution in [3.8, 4) is 0 Å². The van der Waals surface area contributed by atoms with Gasteiger partial charge in [-0.2, -0.15) is 5.10 Å². The summed E-state index contributed by atoms with van der Waals surface area (Å²) in [4.78, 5) is 46.8. The van der Waals surface area contributed by atoms with Crippen LogP contribution in [0.2, 0.25) is 0 Å². The maximum atomic E-state index is 12.4. The molecule has 0 aliphatic carbocycles. The van der Waals surface area contributed by atoms with Crippen molar-refractivity contribution in [3.63, 3.8) is 0 Å². The quantitative estimate of drug-likeness (QED) is 0.355. The van der Waals surface area contributed by atoms with Crippen LogP contribution < -0.4 is 11.1 Å². The molecule has 156 valence electrons. The number of anilines is 1. The number of primary amides is 1. The van der Waals surface area contributed by atoms with E-state index < -0.39 is 22.7 Å².